The number of nitrogens with zero attached hydrogens (tertiary/aromatic N) is 2. The van der Waals surface area contributed by atoms with Crippen molar-refractivity contribution in [2.45, 2.75) is 19.4 Å². The highest BCUT2D eigenvalue weighted by molar-refractivity contribution is 7.87. The second-order valence-corrected chi connectivity index (χ2v) is 5.58. The van der Waals surface area contributed by atoms with Crippen LogP contribution in [0, 0.1) is 0 Å². The van der Waals surface area contributed by atoms with Crippen molar-refractivity contribution in [1.82, 2.24) is 19.2 Å². The number of nitrogens with one attached hydrogen (secondary N) is 2. The van der Waals surface area contributed by atoms with Gasteiger partial charge >= 0.3 is 0 Å². The zero-order valence-corrected chi connectivity index (χ0v) is 10.7. The monoisotopic (exact) mass is 262 g/mol. The van der Waals surface area contributed by atoms with E-state index in [2.05, 4.69) is 14.9 Å². The summed E-state index contributed by atoms with van der Waals surface area (Å²) in [5.74, 6) is 0. The standard InChI is InChI=1S/C9H18N4O3S/c1-8(9-6-10-11-7-9)12-17(15,16)13(2)4-3-5-14/h6-8,12,14H,3-5H2,1-2H3,(H,10,11). The molecular formula is C9H18N4O3S. The highest BCUT2D eigenvalue weighted by Crippen LogP contribution is 2.11. The minimum atomic E-state index is -3.53. The van der Waals surface area contributed by atoms with E-state index in [4.69, 9.17) is 5.11 Å². The fraction of sp³-hybridized carbons (Fsp3) is 0.667. The molecule has 0 aromatic carbocycles. The van der Waals surface area contributed by atoms with Gasteiger partial charge < -0.3 is 5.11 Å². The molecule has 0 fully saturated rings. The van der Waals surface area contributed by atoms with Gasteiger partial charge in [0, 0.05) is 38.0 Å². The Kier molecular flexibility index (Phi) is 5.06. The molecule has 0 spiro atoms. The maximum atomic E-state index is 11.8. The van der Waals surface area contributed by atoms with Gasteiger partial charge in [-0.05, 0) is 13.3 Å². The number of aliphatic hydroxyl groups excluding tert-OH is 1. The number of hydrogen-bond donors (Lipinski definition) is 3. The largest absolute Gasteiger partial charge is 0.396 e. The molecule has 0 aliphatic carbocycles. The lowest BCUT2D eigenvalue weighted by Gasteiger charge is -2.20. The Morgan fingerprint density at radius 3 is 2.88 bits per heavy atom. The lowest BCUT2D eigenvalue weighted by Crippen LogP contribution is -2.40. The van der Waals surface area contributed by atoms with Crippen LogP contribution in [0.2, 0.25) is 0 Å². The van der Waals surface area contributed by atoms with Crippen molar-refractivity contribution in [2.75, 3.05) is 20.2 Å². The highest BCUT2D eigenvalue weighted by Gasteiger charge is 2.20. The van der Waals surface area contributed by atoms with Gasteiger partial charge in [-0.3, -0.25) is 5.10 Å². The van der Waals surface area contributed by atoms with Crippen LogP contribution >= 0.6 is 0 Å². The van der Waals surface area contributed by atoms with E-state index >= 15 is 0 Å². The minimum Gasteiger partial charge on any atom is -0.396 e. The van der Waals surface area contributed by atoms with Crippen molar-refractivity contribution in [3.8, 4) is 0 Å². The fourth-order valence-corrected chi connectivity index (χ4v) is 2.42. The molecular weight excluding hydrogens is 244 g/mol. The van der Waals surface area contributed by atoms with E-state index in [1.54, 1.807) is 19.3 Å². The third-order valence-electron chi connectivity index (χ3n) is 2.39. The molecule has 1 heterocycles. The van der Waals surface area contributed by atoms with Crippen LogP contribution in [-0.4, -0.2) is 48.2 Å². The third-order valence-corrected chi connectivity index (χ3v) is 4.04. The molecule has 0 radical (unpaired) electrons. The van der Waals surface area contributed by atoms with Gasteiger partial charge in [0.05, 0.1) is 6.20 Å². The van der Waals surface area contributed by atoms with E-state index in [0.717, 1.165) is 5.56 Å². The molecule has 0 amide bonds. The number of hydrogen-bond acceptors (Lipinski definition) is 4. The average Bonchev–Trinajstić information content (AvgIpc) is 2.78. The normalized spacial score (nSPS) is 14.1. The summed E-state index contributed by atoms with van der Waals surface area (Å²) in [4.78, 5) is 0. The third kappa shape index (κ3) is 4.08. The van der Waals surface area contributed by atoms with Crippen molar-refractivity contribution < 1.29 is 13.5 Å². The second-order valence-electron chi connectivity index (χ2n) is 3.77. The molecule has 1 aromatic rings. The Bertz CT molecular complexity index is 417. The van der Waals surface area contributed by atoms with Gasteiger partial charge in [-0.25, -0.2) is 0 Å². The lowest BCUT2D eigenvalue weighted by molar-refractivity contribution is 0.275. The smallest absolute Gasteiger partial charge is 0.279 e. The molecule has 3 N–H and O–H groups in total. The molecule has 0 saturated carbocycles. The highest BCUT2D eigenvalue weighted by atomic mass is 32.2. The van der Waals surface area contributed by atoms with Gasteiger partial charge in [-0.15, -0.1) is 0 Å². The van der Waals surface area contributed by atoms with Crippen molar-refractivity contribution in [3.05, 3.63) is 18.0 Å². The van der Waals surface area contributed by atoms with Crippen LogP contribution in [0.5, 0.6) is 0 Å². The summed E-state index contributed by atoms with van der Waals surface area (Å²) >= 11 is 0. The Morgan fingerprint density at radius 1 is 1.65 bits per heavy atom. The molecule has 1 rings (SSSR count). The van der Waals surface area contributed by atoms with E-state index in [9.17, 15) is 8.42 Å². The predicted molar refractivity (Wildman–Crippen MR) is 63.4 cm³/mol. The van der Waals surface area contributed by atoms with E-state index in [1.807, 2.05) is 0 Å². The number of aromatic amines is 1. The molecule has 0 saturated heterocycles. The zero-order valence-electron chi connectivity index (χ0n) is 9.92. The first kappa shape index (κ1) is 14.1. The summed E-state index contributed by atoms with van der Waals surface area (Å²) in [6.45, 7) is 1.99. The Labute approximate surface area is 101 Å². The molecule has 0 aliphatic heterocycles. The Balaban J connectivity index is 2.60. The fourth-order valence-electron chi connectivity index (χ4n) is 1.29. The van der Waals surface area contributed by atoms with Gasteiger partial charge in [0.25, 0.3) is 10.2 Å². The van der Waals surface area contributed by atoms with Crippen LogP contribution < -0.4 is 4.72 Å². The molecule has 8 heteroatoms. The molecule has 0 aliphatic rings. The van der Waals surface area contributed by atoms with Gasteiger partial charge in [0.1, 0.15) is 0 Å². The Morgan fingerprint density at radius 2 is 2.35 bits per heavy atom. The first-order valence-corrected chi connectivity index (χ1v) is 6.74. The van der Waals surface area contributed by atoms with Crippen LogP contribution in [0.15, 0.2) is 12.4 Å². The Hall–Kier alpha value is -0.960. The topological polar surface area (TPSA) is 98.3 Å². The average molecular weight is 262 g/mol. The summed E-state index contributed by atoms with van der Waals surface area (Å²) in [5.41, 5.74) is 0.768. The summed E-state index contributed by atoms with van der Waals surface area (Å²) in [6.07, 6.45) is 3.62. The second kappa shape index (κ2) is 6.10. The molecule has 0 bridgehead atoms. The van der Waals surface area contributed by atoms with Crippen molar-refractivity contribution in [1.29, 1.82) is 0 Å². The molecule has 98 valence electrons. The number of aromatic nitrogens is 2. The zero-order chi connectivity index (χ0) is 12.9. The van der Waals surface area contributed by atoms with Crippen LogP contribution in [0.25, 0.3) is 0 Å². The van der Waals surface area contributed by atoms with Gasteiger partial charge in [0.2, 0.25) is 0 Å². The van der Waals surface area contributed by atoms with Crippen LogP contribution in [0.4, 0.5) is 0 Å². The van der Waals surface area contributed by atoms with Crippen molar-refractivity contribution in [2.24, 2.45) is 0 Å². The predicted octanol–water partition coefficient (Wildman–Crippen LogP) is -0.381. The van der Waals surface area contributed by atoms with Crippen LogP contribution in [-0.2, 0) is 10.2 Å². The summed E-state index contributed by atoms with van der Waals surface area (Å²) < 4.78 is 27.4. The van der Waals surface area contributed by atoms with Crippen molar-refractivity contribution in [3.63, 3.8) is 0 Å². The summed E-state index contributed by atoms with van der Waals surface area (Å²) in [5, 5.41) is 15.0. The molecule has 1 atom stereocenters. The SMILES string of the molecule is CC(NS(=O)(=O)N(C)CCCO)c1cn[nH]c1. The van der Waals surface area contributed by atoms with Gasteiger partial charge in [-0.1, -0.05) is 0 Å². The van der Waals surface area contributed by atoms with Crippen LogP contribution in [0.3, 0.4) is 0 Å². The molecule has 1 aromatic heterocycles. The lowest BCUT2D eigenvalue weighted by atomic mass is 10.2. The summed E-state index contributed by atoms with van der Waals surface area (Å²) in [7, 11) is -2.05. The molecule has 1 unspecified atom stereocenters. The molecule has 7 nitrogen and oxygen atoms in total. The maximum absolute atomic E-state index is 11.8. The minimum absolute atomic E-state index is 0.0306. The van der Waals surface area contributed by atoms with E-state index in [-0.39, 0.29) is 19.2 Å². The number of rotatable bonds is 7. The van der Waals surface area contributed by atoms with Crippen molar-refractivity contribution >= 4 is 10.2 Å². The molecule has 17 heavy (non-hydrogen) atoms. The number of H-pyrrole nitrogens is 1. The first-order valence-electron chi connectivity index (χ1n) is 5.30. The van der Waals surface area contributed by atoms with Crippen LogP contribution in [0.1, 0.15) is 24.9 Å². The quantitative estimate of drug-likeness (QED) is 0.624. The number of aliphatic hydroxyl groups is 1. The van der Waals surface area contributed by atoms with Gasteiger partial charge in [-0.2, -0.15) is 22.5 Å². The summed E-state index contributed by atoms with van der Waals surface area (Å²) in [6, 6.07) is -0.352. The van der Waals surface area contributed by atoms with E-state index < -0.39 is 10.2 Å². The van der Waals surface area contributed by atoms with E-state index in [1.165, 1.54) is 11.4 Å². The van der Waals surface area contributed by atoms with Gasteiger partial charge in [0.15, 0.2) is 0 Å². The maximum Gasteiger partial charge on any atom is 0.279 e. The first-order chi connectivity index (χ1) is 7.97. The van der Waals surface area contributed by atoms with E-state index in [0.29, 0.717) is 6.42 Å².